The highest BCUT2D eigenvalue weighted by Crippen LogP contribution is 2.22. The largest absolute Gasteiger partial charge is 0.493 e. The molecule has 0 atom stereocenters. The van der Waals surface area contributed by atoms with Crippen molar-refractivity contribution in [2.45, 2.75) is 33.6 Å². The van der Waals surface area contributed by atoms with E-state index < -0.39 is 0 Å². The number of hydrogen-bond donors (Lipinski definition) is 2. The topological polar surface area (TPSA) is 67.4 Å². The van der Waals surface area contributed by atoms with Gasteiger partial charge in [-0.3, -0.25) is 9.59 Å². The number of rotatable bonds is 8. The van der Waals surface area contributed by atoms with Gasteiger partial charge in [0, 0.05) is 17.1 Å². The Labute approximate surface area is 165 Å². The van der Waals surface area contributed by atoms with E-state index in [-0.39, 0.29) is 18.4 Å². The zero-order chi connectivity index (χ0) is 19.8. The van der Waals surface area contributed by atoms with Crippen LogP contribution < -0.4 is 15.4 Å². The number of benzene rings is 2. The zero-order valence-corrected chi connectivity index (χ0v) is 16.7. The van der Waals surface area contributed by atoms with E-state index in [2.05, 4.69) is 10.6 Å². The van der Waals surface area contributed by atoms with E-state index in [9.17, 15) is 9.59 Å². The Hall–Kier alpha value is -2.53. The molecule has 2 N–H and O–H groups in total. The summed E-state index contributed by atoms with van der Waals surface area (Å²) in [6.07, 6.45) is 0.857. The quantitative estimate of drug-likeness (QED) is 0.666. The summed E-state index contributed by atoms with van der Waals surface area (Å²) < 4.78 is 5.66. The van der Waals surface area contributed by atoms with Crippen LogP contribution in [0, 0.1) is 20.8 Å². The van der Waals surface area contributed by atoms with Crippen molar-refractivity contribution in [3.63, 3.8) is 0 Å². The molecule has 0 fully saturated rings. The molecule has 0 aromatic heterocycles. The molecule has 0 spiro atoms. The third kappa shape index (κ3) is 6.61. The maximum Gasteiger partial charge on any atom is 0.243 e. The minimum Gasteiger partial charge on any atom is -0.493 e. The number of ether oxygens (including phenoxy) is 1. The fourth-order valence-corrected chi connectivity index (χ4v) is 2.88. The number of amides is 2. The predicted molar refractivity (Wildman–Crippen MR) is 108 cm³/mol. The van der Waals surface area contributed by atoms with Crippen molar-refractivity contribution in [2.75, 3.05) is 18.5 Å². The molecule has 2 aromatic rings. The predicted octanol–water partition coefficient (Wildman–Crippen LogP) is 4.18. The highest BCUT2D eigenvalue weighted by atomic mass is 35.5. The second-order valence-electron chi connectivity index (χ2n) is 6.45. The molecule has 27 heavy (non-hydrogen) atoms. The molecule has 2 amide bonds. The van der Waals surface area contributed by atoms with Crippen molar-refractivity contribution in [3.8, 4) is 5.75 Å². The van der Waals surface area contributed by atoms with Crippen LogP contribution in [-0.4, -0.2) is 25.0 Å². The summed E-state index contributed by atoms with van der Waals surface area (Å²) in [4.78, 5) is 23.9. The summed E-state index contributed by atoms with van der Waals surface area (Å²) in [5.74, 6) is 0.338. The van der Waals surface area contributed by atoms with Gasteiger partial charge in [0.2, 0.25) is 11.8 Å². The van der Waals surface area contributed by atoms with Gasteiger partial charge in [-0.15, -0.1) is 0 Å². The average Bonchev–Trinajstić information content (AvgIpc) is 2.61. The van der Waals surface area contributed by atoms with Crippen molar-refractivity contribution >= 4 is 29.1 Å². The summed E-state index contributed by atoms with van der Waals surface area (Å²) in [5, 5.41) is 6.14. The first-order valence-corrected chi connectivity index (χ1v) is 9.26. The lowest BCUT2D eigenvalue weighted by Crippen LogP contribution is -2.33. The van der Waals surface area contributed by atoms with Gasteiger partial charge < -0.3 is 15.4 Å². The zero-order valence-electron chi connectivity index (χ0n) is 15.9. The number of nitrogens with one attached hydrogen (secondary N) is 2. The van der Waals surface area contributed by atoms with E-state index >= 15 is 0 Å². The average molecular weight is 389 g/mol. The molecular formula is C21H25ClN2O3. The summed E-state index contributed by atoms with van der Waals surface area (Å²) in [7, 11) is 0. The minimum atomic E-state index is -0.242. The van der Waals surface area contributed by atoms with Gasteiger partial charge in [-0.1, -0.05) is 29.8 Å². The third-order valence-electron chi connectivity index (χ3n) is 4.13. The number of aryl methyl sites for hydroxylation is 3. The van der Waals surface area contributed by atoms with Crippen LogP contribution in [0.3, 0.4) is 0 Å². The number of para-hydroxylation sites is 1. The van der Waals surface area contributed by atoms with Gasteiger partial charge in [-0.25, -0.2) is 0 Å². The van der Waals surface area contributed by atoms with Gasteiger partial charge in [0.25, 0.3) is 0 Å². The summed E-state index contributed by atoms with van der Waals surface area (Å²) in [5.41, 5.74) is 3.73. The molecule has 0 bridgehead atoms. The molecule has 0 aliphatic rings. The Balaban J connectivity index is 1.68. The van der Waals surface area contributed by atoms with Gasteiger partial charge in [0.05, 0.1) is 13.2 Å². The summed E-state index contributed by atoms with van der Waals surface area (Å²) in [6.45, 7) is 6.16. The first-order valence-electron chi connectivity index (χ1n) is 8.88. The number of halogens is 1. The van der Waals surface area contributed by atoms with Crippen LogP contribution in [-0.2, 0) is 9.59 Å². The molecule has 0 saturated heterocycles. The fraction of sp³-hybridized carbons (Fsp3) is 0.333. The Morgan fingerprint density at radius 3 is 2.37 bits per heavy atom. The van der Waals surface area contributed by atoms with E-state index in [1.165, 1.54) is 0 Å². The summed E-state index contributed by atoms with van der Waals surface area (Å²) in [6, 6.07) is 11.2. The molecule has 5 nitrogen and oxygen atoms in total. The number of anilines is 1. The fourth-order valence-electron chi connectivity index (χ4n) is 2.65. The second kappa shape index (κ2) is 9.97. The normalized spacial score (nSPS) is 10.4. The van der Waals surface area contributed by atoms with Crippen molar-refractivity contribution in [1.82, 2.24) is 5.32 Å². The number of carbonyl (C=O) groups excluding carboxylic acids is 2. The van der Waals surface area contributed by atoms with Crippen LogP contribution in [0.1, 0.15) is 29.5 Å². The van der Waals surface area contributed by atoms with E-state index in [4.69, 9.17) is 16.3 Å². The van der Waals surface area contributed by atoms with Gasteiger partial charge in [-0.2, -0.15) is 0 Å². The third-order valence-corrected chi connectivity index (χ3v) is 4.37. The van der Waals surface area contributed by atoms with Crippen molar-refractivity contribution in [2.24, 2.45) is 0 Å². The SMILES string of the molecule is Cc1cc(Cl)ccc1OCCCC(=O)NCC(=O)Nc1c(C)cccc1C. The van der Waals surface area contributed by atoms with Gasteiger partial charge in [0.1, 0.15) is 5.75 Å². The van der Waals surface area contributed by atoms with Crippen LogP contribution in [0.15, 0.2) is 36.4 Å². The minimum absolute atomic E-state index is 0.0518. The molecule has 0 aliphatic heterocycles. The molecular weight excluding hydrogens is 364 g/mol. The monoisotopic (exact) mass is 388 g/mol. The van der Waals surface area contributed by atoms with Crippen LogP contribution >= 0.6 is 11.6 Å². The van der Waals surface area contributed by atoms with Crippen molar-refractivity contribution in [3.05, 3.63) is 58.1 Å². The smallest absolute Gasteiger partial charge is 0.243 e. The molecule has 2 aromatic carbocycles. The van der Waals surface area contributed by atoms with Crippen LogP contribution in [0.2, 0.25) is 5.02 Å². The first kappa shape index (κ1) is 20.8. The summed E-state index contributed by atoms with van der Waals surface area (Å²) >= 11 is 5.91. The second-order valence-corrected chi connectivity index (χ2v) is 6.89. The maximum absolute atomic E-state index is 12.0. The Kier molecular flexibility index (Phi) is 7.67. The van der Waals surface area contributed by atoms with Gasteiger partial charge in [-0.05, 0) is 62.1 Å². The lowest BCUT2D eigenvalue weighted by molar-refractivity contribution is -0.124. The van der Waals surface area contributed by atoms with E-state index in [1.54, 1.807) is 6.07 Å². The molecule has 2 rings (SSSR count). The highest BCUT2D eigenvalue weighted by Gasteiger charge is 2.09. The molecule has 144 valence electrons. The lowest BCUT2D eigenvalue weighted by atomic mass is 10.1. The first-order chi connectivity index (χ1) is 12.9. The van der Waals surface area contributed by atoms with Gasteiger partial charge >= 0.3 is 0 Å². The lowest BCUT2D eigenvalue weighted by Gasteiger charge is -2.12. The van der Waals surface area contributed by atoms with E-state index in [0.29, 0.717) is 24.5 Å². The highest BCUT2D eigenvalue weighted by molar-refractivity contribution is 6.30. The van der Waals surface area contributed by atoms with Crippen LogP contribution in [0.25, 0.3) is 0 Å². The van der Waals surface area contributed by atoms with Gasteiger partial charge in [0.15, 0.2) is 0 Å². The van der Waals surface area contributed by atoms with Crippen LogP contribution in [0.4, 0.5) is 5.69 Å². The van der Waals surface area contributed by atoms with Crippen LogP contribution in [0.5, 0.6) is 5.75 Å². The Morgan fingerprint density at radius 2 is 1.70 bits per heavy atom. The van der Waals surface area contributed by atoms with E-state index in [1.807, 2.05) is 51.1 Å². The molecule has 0 radical (unpaired) electrons. The molecule has 0 unspecified atom stereocenters. The van der Waals surface area contributed by atoms with Crippen molar-refractivity contribution < 1.29 is 14.3 Å². The standard InChI is InChI=1S/C21H25ClN2O3/c1-14-6-4-7-15(2)21(14)24-20(26)13-23-19(25)8-5-11-27-18-10-9-17(22)12-16(18)3/h4,6-7,9-10,12H,5,8,11,13H2,1-3H3,(H,23,25)(H,24,26). The maximum atomic E-state index is 12.0. The van der Waals surface area contributed by atoms with E-state index in [0.717, 1.165) is 28.1 Å². The number of hydrogen-bond acceptors (Lipinski definition) is 3. The Bertz CT molecular complexity index is 801. The van der Waals surface area contributed by atoms with Crippen molar-refractivity contribution in [1.29, 1.82) is 0 Å². The molecule has 0 heterocycles. The molecule has 0 aliphatic carbocycles. The Morgan fingerprint density at radius 1 is 1.00 bits per heavy atom. The molecule has 0 saturated carbocycles. The molecule has 6 heteroatoms. The number of carbonyl (C=O) groups is 2.